The first-order chi connectivity index (χ1) is 18.5. The van der Waals surface area contributed by atoms with Gasteiger partial charge in [-0.2, -0.15) is 0 Å². The summed E-state index contributed by atoms with van der Waals surface area (Å²) in [7, 11) is 0. The minimum absolute atomic E-state index is 0.209. The fourth-order valence-corrected chi connectivity index (χ4v) is 5.54. The maximum absolute atomic E-state index is 13.5. The number of fused-ring (bicyclic) bond motifs is 1. The third kappa shape index (κ3) is 4.61. The number of para-hydroxylation sites is 1. The van der Waals surface area contributed by atoms with E-state index in [9.17, 15) is 14.0 Å². The lowest BCUT2D eigenvalue weighted by molar-refractivity contribution is -0.281. The van der Waals surface area contributed by atoms with Crippen molar-refractivity contribution in [2.24, 2.45) is 0 Å². The Morgan fingerprint density at radius 2 is 1.53 bits per heavy atom. The van der Waals surface area contributed by atoms with Crippen molar-refractivity contribution in [1.29, 1.82) is 0 Å². The molecule has 0 atom stereocenters. The van der Waals surface area contributed by atoms with Crippen LogP contribution in [-0.2, 0) is 25.5 Å². The second kappa shape index (κ2) is 9.91. The average Bonchev–Trinajstić information content (AvgIpc) is 3.29. The molecule has 38 heavy (non-hydrogen) atoms. The number of carbonyl (C=O) groups excluding carboxylic acids is 2. The first-order valence-corrected chi connectivity index (χ1v) is 12.8. The number of esters is 2. The molecule has 6 rings (SSSR count). The molecule has 1 aliphatic carbocycles. The quantitative estimate of drug-likeness (QED) is 0.453. The van der Waals surface area contributed by atoms with Crippen LogP contribution >= 0.6 is 0 Å². The Kier molecular flexibility index (Phi) is 6.29. The molecule has 0 aromatic heterocycles. The van der Waals surface area contributed by atoms with Crippen molar-refractivity contribution in [3.05, 3.63) is 108 Å². The molecule has 3 aromatic carbocycles. The van der Waals surface area contributed by atoms with Gasteiger partial charge in [0, 0.05) is 37.5 Å². The Morgan fingerprint density at radius 1 is 0.816 bits per heavy atom. The van der Waals surface area contributed by atoms with Crippen molar-refractivity contribution >= 4 is 23.2 Å². The van der Waals surface area contributed by atoms with Gasteiger partial charge < -0.3 is 14.4 Å². The van der Waals surface area contributed by atoms with E-state index in [4.69, 9.17) is 9.47 Å². The van der Waals surface area contributed by atoms with E-state index < -0.39 is 17.8 Å². The average molecular weight is 511 g/mol. The minimum Gasteiger partial charge on any atom is -0.403 e. The fourth-order valence-electron chi connectivity index (χ4n) is 5.54. The number of piperazine rings is 1. The highest BCUT2D eigenvalue weighted by Gasteiger charge is 2.49. The number of nitrogens with zero attached hydrogens (tertiary/aromatic N) is 2. The molecule has 3 aromatic rings. The van der Waals surface area contributed by atoms with Crippen LogP contribution in [0.2, 0.25) is 0 Å². The zero-order valence-electron chi connectivity index (χ0n) is 20.8. The van der Waals surface area contributed by atoms with Crippen LogP contribution in [0.4, 0.5) is 10.1 Å². The van der Waals surface area contributed by atoms with Crippen molar-refractivity contribution < 1.29 is 23.5 Å². The standard InChI is InChI=1S/C31H27FN2O4/c32-24-12-9-22(10-13-24)26-7-4-8-27-23(11-14-28(26)27)17-18-34-20-19-33(25-5-2-1-3-6-25)21-31(34)37-29(35)15-16-30(36)38-31/h1-13,15-16H,14,17-21H2. The van der Waals surface area contributed by atoms with Gasteiger partial charge >= 0.3 is 17.8 Å². The zero-order chi connectivity index (χ0) is 26.1. The number of halogens is 1. The number of hydrogen-bond donors (Lipinski definition) is 0. The maximum Gasteiger partial charge on any atom is 0.339 e. The van der Waals surface area contributed by atoms with Gasteiger partial charge in [0.15, 0.2) is 0 Å². The Hall–Kier alpha value is -4.23. The van der Waals surface area contributed by atoms with Crippen molar-refractivity contribution in [2.75, 3.05) is 31.1 Å². The number of carbonyl (C=O) groups is 2. The van der Waals surface area contributed by atoms with Gasteiger partial charge in [-0.1, -0.05) is 54.6 Å². The lowest BCUT2D eigenvalue weighted by Crippen LogP contribution is -2.66. The normalized spacial score (nSPS) is 18.6. The van der Waals surface area contributed by atoms with Crippen LogP contribution in [0.15, 0.2) is 91.0 Å². The molecular weight excluding hydrogens is 483 g/mol. The highest BCUT2D eigenvalue weighted by Crippen LogP contribution is 2.38. The molecular formula is C31H27FN2O4. The molecule has 0 bridgehead atoms. The topological polar surface area (TPSA) is 59.1 Å². The summed E-state index contributed by atoms with van der Waals surface area (Å²) in [5, 5.41) is 0. The number of rotatable bonds is 5. The molecule has 0 N–H and O–H groups in total. The summed E-state index contributed by atoms with van der Waals surface area (Å²) < 4.78 is 25.1. The lowest BCUT2D eigenvalue weighted by atomic mass is 9.94. The molecule has 2 aliphatic heterocycles. The summed E-state index contributed by atoms with van der Waals surface area (Å²) >= 11 is 0. The van der Waals surface area contributed by atoms with Crippen LogP contribution in [0.3, 0.4) is 0 Å². The first kappa shape index (κ1) is 24.1. The van der Waals surface area contributed by atoms with Crippen molar-refractivity contribution in [3.8, 4) is 11.1 Å². The van der Waals surface area contributed by atoms with E-state index >= 15 is 0 Å². The second-order valence-electron chi connectivity index (χ2n) is 9.65. The Bertz CT molecular complexity index is 1410. The molecule has 2 heterocycles. The van der Waals surface area contributed by atoms with Crippen LogP contribution < -0.4 is 4.90 Å². The molecule has 0 amide bonds. The third-order valence-electron chi connectivity index (χ3n) is 7.39. The van der Waals surface area contributed by atoms with Gasteiger partial charge in [-0.05, 0) is 64.9 Å². The van der Waals surface area contributed by atoms with Gasteiger partial charge in [0.1, 0.15) is 12.4 Å². The van der Waals surface area contributed by atoms with E-state index in [-0.39, 0.29) is 12.4 Å². The van der Waals surface area contributed by atoms with Crippen LogP contribution in [0.1, 0.15) is 17.5 Å². The summed E-state index contributed by atoms with van der Waals surface area (Å²) in [6, 6.07) is 22.6. The molecule has 0 unspecified atom stereocenters. The summed E-state index contributed by atoms with van der Waals surface area (Å²) in [5.74, 6) is -2.99. The van der Waals surface area contributed by atoms with Gasteiger partial charge in [-0.15, -0.1) is 0 Å². The largest absolute Gasteiger partial charge is 0.403 e. The van der Waals surface area contributed by atoms with E-state index in [1.807, 2.05) is 53.4 Å². The van der Waals surface area contributed by atoms with Gasteiger partial charge in [0.25, 0.3) is 0 Å². The van der Waals surface area contributed by atoms with Crippen LogP contribution in [-0.4, -0.2) is 48.9 Å². The van der Waals surface area contributed by atoms with Crippen LogP contribution in [0.25, 0.3) is 16.7 Å². The summed E-state index contributed by atoms with van der Waals surface area (Å²) in [6.07, 6.45) is 5.93. The molecule has 1 saturated heterocycles. The second-order valence-corrected chi connectivity index (χ2v) is 9.65. The highest BCUT2D eigenvalue weighted by atomic mass is 19.1. The Labute approximate surface area is 220 Å². The van der Waals surface area contributed by atoms with Crippen molar-refractivity contribution in [1.82, 2.24) is 4.90 Å². The fraction of sp³-hybridized carbons (Fsp3) is 0.226. The number of ether oxygens (including phenoxy) is 2. The van der Waals surface area contributed by atoms with E-state index in [2.05, 4.69) is 23.1 Å². The van der Waals surface area contributed by atoms with Gasteiger partial charge in [0.2, 0.25) is 0 Å². The van der Waals surface area contributed by atoms with Gasteiger partial charge in [-0.25, -0.2) is 18.9 Å². The molecule has 192 valence electrons. The van der Waals surface area contributed by atoms with Crippen LogP contribution in [0, 0.1) is 5.82 Å². The van der Waals surface area contributed by atoms with E-state index in [1.54, 1.807) is 0 Å². The molecule has 1 fully saturated rings. The summed E-state index contributed by atoms with van der Waals surface area (Å²) in [5.41, 5.74) is 6.62. The molecule has 0 saturated carbocycles. The van der Waals surface area contributed by atoms with Crippen LogP contribution in [0.5, 0.6) is 0 Å². The number of benzene rings is 3. The van der Waals surface area contributed by atoms with Crippen molar-refractivity contribution in [3.63, 3.8) is 0 Å². The monoisotopic (exact) mass is 510 g/mol. The predicted octanol–water partition coefficient (Wildman–Crippen LogP) is 4.95. The first-order valence-electron chi connectivity index (χ1n) is 12.8. The molecule has 3 aliphatic rings. The number of hydrogen-bond acceptors (Lipinski definition) is 6. The lowest BCUT2D eigenvalue weighted by Gasteiger charge is -2.48. The van der Waals surface area contributed by atoms with E-state index in [1.165, 1.54) is 28.8 Å². The smallest absolute Gasteiger partial charge is 0.339 e. The van der Waals surface area contributed by atoms with Crippen molar-refractivity contribution in [2.45, 2.75) is 18.8 Å². The zero-order valence-corrected chi connectivity index (χ0v) is 20.8. The van der Waals surface area contributed by atoms with E-state index in [0.29, 0.717) is 26.1 Å². The Morgan fingerprint density at radius 3 is 2.26 bits per heavy atom. The summed E-state index contributed by atoms with van der Waals surface area (Å²) in [4.78, 5) is 29.0. The summed E-state index contributed by atoms with van der Waals surface area (Å²) in [6.45, 7) is 1.99. The minimum atomic E-state index is -1.52. The SMILES string of the molecule is O=C1C=CC(=O)OC2(CN(c3ccccc3)CCN2CCC2=CCc3c2cccc3-c2ccc(F)cc2)O1. The predicted molar refractivity (Wildman–Crippen MR) is 142 cm³/mol. The molecule has 6 nitrogen and oxygen atoms in total. The highest BCUT2D eigenvalue weighted by molar-refractivity contribution is 5.93. The number of anilines is 1. The van der Waals surface area contributed by atoms with Gasteiger partial charge in [0.05, 0.1) is 0 Å². The maximum atomic E-state index is 13.5. The number of allylic oxidation sites excluding steroid dienone is 1. The third-order valence-corrected chi connectivity index (χ3v) is 7.39. The molecule has 7 heteroatoms. The molecule has 0 radical (unpaired) electrons. The molecule has 1 spiro atoms. The Balaban J connectivity index is 1.24. The van der Waals surface area contributed by atoms with E-state index in [0.717, 1.165) is 35.4 Å². The van der Waals surface area contributed by atoms with Gasteiger partial charge in [-0.3, -0.25) is 0 Å².